The number of benzene rings is 4. The molecule has 0 aliphatic heterocycles. The average Bonchev–Trinajstić information content (AvgIpc) is 3.43. The van der Waals surface area contributed by atoms with Crippen molar-refractivity contribution < 1.29 is 45.2 Å². The molecular weight excluding hydrogens is 570 g/mol. The van der Waals surface area contributed by atoms with E-state index in [1.165, 1.54) is 80.2 Å². The zero-order valence-corrected chi connectivity index (χ0v) is 24.4. The van der Waals surface area contributed by atoms with Gasteiger partial charge in [0, 0.05) is 0 Å². The number of phenolic OH excluding ortho intramolecular Hbond substituents is 2. The molecular formula is C34H30F2O2Zr. The molecule has 0 amide bonds. The fourth-order valence-electron chi connectivity index (χ4n) is 4.56. The van der Waals surface area contributed by atoms with E-state index in [2.05, 4.69) is 74.5 Å². The second-order valence-electron chi connectivity index (χ2n) is 9.17. The van der Waals surface area contributed by atoms with Crippen LogP contribution >= 0.6 is 0 Å². The van der Waals surface area contributed by atoms with Gasteiger partial charge in [0.05, 0.1) is 0 Å². The van der Waals surface area contributed by atoms with Gasteiger partial charge in [-0.3, -0.25) is 0 Å². The van der Waals surface area contributed by atoms with Gasteiger partial charge in [-0.2, -0.15) is 11.1 Å². The van der Waals surface area contributed by atoms with Crippen LogP contribution in [-0.2, 0) is 39.0 Å². The molecule has 0 radical (unpaired) electrons. The molecule has 0 saturated carbocycles. The molecule has 0 heterocycles. The summed E-state index contributed by atoms with van der Waals surface area (Å²) in [7, 11) is 0. The molecule has 0 fully saturated rings. The minimum Gasteiger partial charge on any atom is -0.505 e. The Kier molecular flexibility index (Phi) is 10.8. The van der Waals surface area contributed by atoms with E-state index >= 15 is 0 Å². The topological polar surface area (TPSA) is 40.5 Å². The normalized spacial score (nSPS) is 10.3. The van der Waals surface area contributed by atoms with E-state index in [0.29, 0.717) is 0 Å². The number of halogens is 2. The van der Waals surface area contributed by atoms with Crippen molar-refractivity contribution >= 4 is 21.5 Å². The van der Waals surface area contributed by atoms with Crippen molar-refractivity contribution in [2.75, 3.05) is 0 Å². The van der Waals surface area contributed by atoms with E-state index < -0.39 is 11.6 Å². The second kappa shape index (κ2) is 14.0. The number of para-hydroxylation sites is 2. The molecule has 0 atom stereocenters. The monoisotopic (exact) mass is 598 g/mol. The third kappa shape index (κ3) is 7.52. The molecule has 6 rings (SSSR count). The van der Waals surface area contributed by atoms with Gasteiger partial charge in [-0.05, 0) is 37.1 Å². The minimum atomic E-state index is -0.576. The standard InChI is InChI=1S/C22H20.2C6H5FO.Zr/c1-15-17(13-19-7-3-5-9-21(15)19)11-12-18-14-20-8-4-6-10-22(20)16(18)2;2*7-5-3-1-2-4-6(5)8;/h3-10,13-14H,11-12H2,1-2H3;2*1-4,8H;/q-2;;;+2. The summed E-state index contributed by atoms with van der Waals surface area (Å²) in [5, 5.41) is 22.6. The van der Waals surface area contributed by atoms with Gasteiger partial charge in [-0.1, -0.05) is 50.2 Å². The number of phenols is 2. The summed E-state index contributed by atoms with van der Waals surface area (Å²) in [6.45, 7) is 4.51. The molecule has 0 aromatic heterocycles. The van der Waals surface area contributed by atoms with Gasteiger partial charge in [0.1, 0.15) is 0 Å². The predicted molar refractivity (Wildman–Crippen MR) is 152 cm³/mol. The third-order valence-electron chi connectivity index (χ3n) is 6.72. The van der Waals surface area contributed by atoms with Crippen LogP contribution in [0.15, 0.2) is 109 Å². The second-order valence-corrected chi connectivity index (χ2v) is 9.17. The van der Waals surface area contributed by atoms with E-state index in [1.807, 2.05) is 0 Å². The predicted octanol–water partition coefficient (Wildman–Crippen LogP) is 8.89. The summed E-state index contributed by atoms with van der Waals surface area (Å²) in [6, 6.07) is 33.3. The molecule has 0 bridgehead atoms. The van der Waals surface area contributed by atoms with E-state index in [9.17, 15) is 8.78 Å². The van der Waals surface area contributed by atoms with E-state index in [1.54, 1.807) is 12.1 Å². The molecule has 2 nitrogen and oxygen atoms in total. The number of hydrogen-bond donors (Lipinski definition) is 2. The van der Waals surface area contributed by atoms with Crippen LogP contribution in [0.5, 0.6) is 11.5 Å². The molecule has 5 heteroatoms. The quantitative estimate of drug-likeness (QED) is 0.200. The van der Waals surface area contributed by atoms with Crippen molar-refractivity contribution in [2.24, 2.45) is 0 Å². The Labute approximate surface area is 247 Å². The van der Waals surface area contributed by atoms with Crippen molar-refractivity contribution in [1.29, 1.82) is 0 Å². The van der Waals surface area contributed by atoms with Crippen LogP contribution in [0.25, 0.3) is 21.5 Å². The molecule has 0 unspecified atom stereocenters. The van der Waals surface area contributed by atoms with E-state index in [-0.39, 0.29) is 37.7 Å². The molecule has 196 valence electrons. The van der Waals surface area contributed by atoms with Crippen LogP contribution < -0.4 is 0 Å². The van der Waals surface area contributed by atoms with Gasteiger partial charge >= 0.3 is 26.2 Å². The summed E-state index contributed by atoms with van der Waals surface area (Å²) in [5.41, 5.74) is 5.88. The first-order chi connectivity index (χ1) is 18.3. The fraction of sp³-hybridized carbons (Fsp3) is 0.118. The van der Waals surface area contributed by atoms with Gasteiger partial charge in [-0.15, -0.1) is 81.2 Å². The molecule has 39 heavy (non-hydrogen) atoms. The SMILES string of the molecule is Cc1c(CCc2[cH-]c3ccccc3c2C)[cH-]c2ccccc12.Oc1ccccc1F.Oc1ccccc1F.[Zr+2]. The molecule has 6 aromatic rings. The maximum absolute atomic E-state index is 12.1. The largest absolute Gasteiger partial charge is 2.00 e. The molecule has 0 aliphatic carbocycles. The molecule has 0 spiro atoms. The van der Waals surface area contributed by atoms with Crippen LogP contribution in [0.3, 0.4) is 0 Å². The van der Waals surface area contributed by atoms with Crippen LogP contribution in [0, 0.1) is 25.5 Å². The fourth-order valence-corrected chi connectivity index (χ4v) is 4.56. The summed E-state index contributed by atoms with van der Waals surface area (Å²) in [4.78, 5) is 0. The Morgan fingerprint density at radius 3 is 1.18 bits per heavy atom. The first kappa shape index (κ1) is 30.0. The van der Waals surface area contributed by atoms with Gasteiger partial charge in [-0.25, -0.2) is 8.78 Å². The number of hydrogen-bond acceptors (Lipinski definition) is 2. The number of aromatic hydroxyl groups is 2. The number of aryl methyl sites for hydroxylation is 4. The first-order valence-corrected chi connectivity index (χ1v) is 12.5. The summed E-state index contributed by atoms with van der Waals surface area (Å²) in [5.74, 6) is -1.75. The van der Waals surface area contributed by atoms with E-state index in [0.717, 1.165) is 12.8 Å². The molecule has 0 aliphatic rings. The van der Waals surface area contributed by atoms with Crippen molar-refractivity contribution in [2.45, 2.75) is 26.7 Å². The maximum Gasteiger partial charge on any atom is 2.00 e. The Balaban J connectivity index is 0.000000204. The van der Waals surface area contributed by atoms with Gasteiger partial charge in [0.2, 0.25) is 0 Å². The summed E-state index contributed by atoms with van der Waals surface area (Å²) >= 11 is 0. The van der Waals surface area contributed by atoms with Gasteiger partial charge in [0.25, 0.3) is 0 Å². The van der Waals surface area contributed by atoms with Crippen LogP contribution in [-0.4, -0.2) is 10.2 Å². The smallest absolute Gasteiger partial charge is 0.505 e. The van der Waals surface area contributed by atoms with Crippen LogP contribution in [0.1, 0.15) is 22.3 Å². The Bertz CT molecular complexity index is 1480. The average molecular weight is 600 g/mol. The number of rotatable bonds is 3. The zero-order valence-electron chi connectivity index (χ0n) is 22.0. The number of fused-ring (bicyclic) bond motifs is 2. The third-order valence-corrected chi connectivity index (χ3v) is 6.72. The minimum absolute atomic E-state index is 0. The Morgan fingerprint density at radius 1 is 0.538 bits per heavy atom. The van der Waals surface area contributed by atoms with Crippen LogP contribution in [0.4, 0.5) is 8.78 Å². The maximum atomic E-state index is 12.1. The van der Waals surface area contributed by atoms with Crippen LogP contribution in [0.2, 0.25) is 0 Å². The van der Waals surface area contributed by atoms with Gasteiger partial charge in [0.15, 0.2) is 23.1 Å². The molecule has 2 N–H and O–H groups in total. The molecule has 0 saturated heterocycles. The summed E-state index contributed by atoms with van der Waals surface area (Å²) < 4.78 is 24.1. The van der Waals surface area contributed by atoms with Crippen molar-refractivity contribution in [3.8, 4) is 11.5 Å². The first-order valence-electron chi connectivity index (χ1n) is 12.5. The molecule has 6 aromatic carbocycles. The zero-order chi connectivity index (χ0) is 27.1. The Morgan fingerprint density at radius 2 is 0.872 bits per heavy atom. The van der Waals surface area contributed by atoms with E-state index in [4.69, 9.17) is 10.2 Å². The Hall–Kier alpha value is -3.56. The van der Waals surface area contributed by atoms with Crippen molar-refractivity contribution in [1.82, 2.24) is 0 Å². The van der Waals surface area contributed by atoms with Gasteiger partial charge < -0.3 is 10.2 Å². The summed E-state index contributed by atoms with van der Waals surface area (Å²) in [6.07, 6.45) is 2.25. The van der Waals surface area contributed by atoms with Crippen molar-refractivity contribution in [3.63, 3.8) is 0 Å². The van der Waals surface area contributed by atoms with Crippen molar-refractivity contribution in [3.05, 3.63) is 143 Å².